The molecule has 1 aliphatic rings. The summed E-state index contributed by atoms with van der Waals surface area (Å²) in [5, 5.41) is 7.23. The topological polar surface area (TPSA) is 68.9 Å². The van der Waals surface area contributed by atoms with Gasteiger partial charge >= 0.3 is 5.69 Å². The molecular formula is C19H17BrN4O2. The van der Waals surface area contributed by atoms with Crippen LogP contribution in [-0.4, -0.2) is 20.3 Å². The number of anilines is 1. The van der Waals surface area contributed by atoms with E-state index < -0.39 is 0 Å². The molecule has 1 N–H and O–H groups in total. The Bertz CT molecular complexity index is 989. The molecule has 0 atom stereocenters. The van der Waals surface area contributed by atoms with Crippen LogP contribution in [0.5, 0.6) is 0 Å². The summed E-state index contributed by atoms with van der Waals surface area (Å²) in [7, 11) is 0. The highest BCUT2D eigenvalue weighted by atomic mass is 79.9. The minimum atomic E-state index is -0.288. The van der Waals surface area contributed by atoms with Gasteiger partial charge in [-0.3, -0.25) is 4.79 Å². The van der Waals surface area contributed by atoms with Crippen molar-refractivity contribution < 1.29 is 4.79 Å². The first-order valence-corrected chi connectivity index (χ1v) is 9.22. The zero-order valence-corrected chi connectivity index (χ0v) is 15.5. The Morgan fingerprint density at radius 3 is 2.46 bits per heavy atom. The van der Waals surface area contributed by atoms with Crippen molar-refractivity contribution in [2.45, 2.75) is 25.3 Å². The van der Waals surface area contributed by atoms with E-state index in [1.54, 1.807) is 16.7 Å². The monoisotopic (exact) mass is 412 g/mol. The summed E-state index contributed by atoms with van der Waals surface area (Å²) in [6.45, 7) is -0.117. The van der Waals surface area contributed by atoms with Crippen molar-refractivity contribution in [2.75, 3.05) is 5.32 Å². The molecule has 3 aromatic rings. The number of carbonyl (C=O) groups is 1. The number of halogens is 1. The molecule has 0 radical (unpaired) electrons. The van der Waals surface area contributed by atoms with E-state index in [0.717, 1.165) is 28.8 Å². The third-order valence-electron chi connectivity index (χ3n) is 4.24. The predicted octanol–water partition coefficient (Wildman–Crippen LogP) is 3.31. The fourth-order valence-electron chi connectivity index (χ4n) is 2.82. The second kappa shape index (κ2) is 6.92. The second-order valence-electron chi connectivity index (χ2n) is 6.30. The van der Waals surface area contributed by atoms with Crippen molar-refractivity contribution in [3.05, 3.63) is 75.4 Å². The molecule has 0 unspecified atom stereocenters. The van der Waals surface area contributed by atoms with Gasteiger partial charge in [0.2, 0.25) is 5.91 Å². The lowest BCUT2D eigenvalue weighted by molar-refractivity contribution is -0.117. The van der Waals surface area contributed by atoms with Gasteiger partial charge in [0.15, 0.2) is 0 Å². The van der Waals surface area contributed by atoms with Crippen molar-refractivity contribution in [1.82, 2.24) is 14.3 Å². The van der Waals surface area contributed by atoms with Gasteiger partial charge in [0.05, 0.1) is 5.69 Å². The smallest absolute Gasteiger partial charge is 0.324 e. The highest BCUT2D eigenvalue weighted by Crippen LogP contribution is 2.39. The molecule has 0 aliphatic heterocycles. The van der Waals surface area contributed by atoms with Crippen LogP contribution in [0.25, 0.3) is 5.69 Å². The van der Waals surface area contributed by atoms with Crippen molar-refractivity contribution in [3.8, 4) is 5.69 Å². The van der Waals surface area contributed by atoms with Gasteiger partial charge in [-0.15, -0.1) is 0 Å². The van der Waals surface area contributed by atoms with Crippen LogP contribution < -0.4 is 11.0 Å². The van der Waals surface area contributed by atoms with E-state index in [0.29, 0.717) is 11.6 Å². The molecular weight excluding hydrogens is 396 g/mol. The quantitative estimate of drug-likeness (QED) is 0.698. The van der Waals surface area contributed by atoms with Gasteiger partial charge in [-0.2, -0.15) is 5.10 Å². The van der Waals surface area contributed by atoms with Gasteiger partial charge in [0.1, 0.15) is 12.4 Å². The standard InChI is InChI=1S/C19H17BrN4O2/c20-14-8-10-15(11-9-14)21-17(25)12-23-19(26)24(16-4-2-1-3-5-16)18(22-23)13-6-7-13/h1-5,8-11,13H,6-7,12H2,(H,21,25). The first kappa shape index (κ1) is 16.8. The van der Waals surface area contributed by atoms with Gasteiger partial charge in [0, 0.05) is 16.1 Å². The minimum absolute atomic E-state index is 0.117. The SMILES string of the molecule is O=C(Cn1nc(C2CC2)n(-c2ccccc2)c1=O)Nc1ccc(Br)cc1. The van der Waals surface area contributed by atoms with E-state index in [1.165, 1.54) is 4.68 Å². The van der Waals surface area contributed by atoms with Crippen LogP contribution in [0.4, 0.5) is 5.69 Å². The molecule has 0 bridgehead atoms. The van der Waals surface area contributed by atoms with Crippen LogP contribution >= 0.6 is 15.9 Å². The lowest BCUT2D eigenvalue weighted by atomic mass is 10.3. The number of hydrogen-bond acceptors (Lipinski definition) is 3. The molecule has 1 fully saturated rings. The van der Waals surface area contributed by atoms with Gasteiger partial charge in [-0.05, 0) is 49.2 Å². The minimum Gasteiger partial charge on any atom is -0.324 e. The van der Waals surface area contributed by atoms with Gasteiger partial charge in [0.25, 0.3) is 0 Å². The van der Waals surface area contributed by atoms with Crippen LogP contribution in [0.1, 0.15) is 24.6 Å². The summed E-state index contributed by atoms with van der Waals surface area (Å²) in [5.41, 5.74) is 1.17. The molecule has 132 valence electrons. The molecule has 0 spiro atoms. The molecule has 26 heavy (non-hydrogen) atoms. The number of para-hydroxylation sites is 1. The fraction of sp³-hybridized carbons (Fsp3) is 0.211. The van der Waals surface area contributed by atoms with E-state index in [4.69, 9.17) is 0 Å². The number of carbonyl (C=O) groups excluding carboxylic acids is 1. The van der Waals surface area contributed by atoms with E-state index in [2.05, 4.69) is 26.3 Å². The van der Waals surface area contributed by atoms with Crippen molar-refractivity contribution in [2.24, 2.45) is 0 Å². The summed E-state index contributed by atoms with van der Waals surface area (Å²) in [4.78, 5) is 25.2. The Balaban J connectivity index is 1.60. The Kier molecular flexibility index (Phi) is 4.46. The van der Waals surface area contributed by atoms with E-state index >= 15 is 0 Å². The molecule has 7 heteroatoms. The number of nitrogens with zero attached hydrogens (tertiary/aromatic N) is 3. The largest absolute Gasteiger partial charge is 0.351 e. The Morgan fingerprint density at radius 1 is 1.12 bits per heavy atom. The van der Waals surface area contributed by atoms with Crippen LogP contribution in [0.15, 0.2) is 63.9 Å². The van der Waals surface area contributed by atoms with Gasteiger partial charge < -0.3 is 5.32 Å². The molecule has 1 aromatic heterocycles. The number of benzene rings is 2. The molecule has 2 aromatic carbocycles. The summed E-state index contributed by atoms with van der Waals surface area (Å²) in [5.74, 6) is 0.741. The third-order valence-corrected chi connectivity index (χ3v) is 4.77. The maximum absolute atomic E-state index is 12.8. The number of aromatic nitrogens is 3. The van der Waals surface area contributed by atoms with Crippen LogP contribution in [0.2, 0.25) is 0 Å². The number of nitrogens with one attached hydrogen (secondary N) is 1. The maximum atomic E-state index is 12.8. The predicted molar refractivity (Wildman–Crippen MR) is 103 cm³/mol. The Labute approximate surface area is 158 Å². The van der Waals surface area contributed by atoms with Crippen LogP contribution in [0.3, 0.4) is 0 Å². The molecule has 1 aliphatic carbocycles. The van der Waals surface area contributed by atoms with Gasteiger partial charge in [-0.25, -0.2) is 14.0 Å². The summed E-state index contributed by atoms with van der Waals surface area (Å²) >= 11 is 3.36. The van der Waals surface area contributed by atoms with Crippen LogP contribution in [-0.2, 0) is 11.3 Å². The Hall–Kier alpha value is -2.67. The molecule has 1 saturated carbocycles. The first-order valence-electron chi connectivity index (χ1n) is 8.42. The summed E-state index contributed by atoms with van der Waals surface area (Å²) in [6.07, 6.45) is 2.04. The molecule has 4 rings (SSSR count). The van der Waals surface area contributed by atoms with Crippen LogP contribution in [0, 0.1) is 0 Å². The van der Waals surface area contributed by atoms with E-state index in [1.807, 2.05) is 42.5 Å². The van der Waals surface area contributed by atoms with Crippen molar-refractivity contribution >= 4 is 27.5 Å². The molecule has 1 heterocycles. The highest BCUT2D eigenvalue weighted by molar-refractivity contribution is 9.10. The number of rotatable bonds is 5. The van der Waals surface area contributed by atoms with E-state index in [9.17, 15) is 9.59 Å². The normalized spacial score (nSPS) is 13.6. The molecule has 1 amide bonds. The first-order chi connectivity index (χ1) is 12.6. The third kappa shape index (κ3) is 3.48. The van der Waals surface area contributed by atoms with Crippen molar-refractivity contribution in [3.63, 3.8) is 0 Å². The lowest BCUT2D eigenvalue weighted by Crippen LogP contribution is -2.29. The lowest BCUT2D eigenvalue weighted by Gasteiger charge is -2.05. The zero-order valence-electron chi connectivity index (χ0n) is 13.9. The maximum Gasteiger partial charge on any atom is 0.351 e. The Morgan fingerprint density at radius 2 is 1.81 bits per heavy atom. The molecule has 6 nitrogen and oxygen atoms in total. The average Bonchev–Trinajstić information content (AvgIpc) is 3.43. The molecule has 0 saturated heterocycles. The highest BCUT2D eigenvalue weighted by Gasteiger charge is 2.31. The number of amides is 1. The van der Waals surface area contributed by atoms with Gasteiger partial charge in [-0.1, -0.05) is 34.1 Å². The van der Waals surface area contributed by atoms with E-state index in [-0.39, 0.29) is 18.1 Å². The average molecular weight is 413 g/mol. The summed E-state index contributed by atoms with van der Waals surface area (Å²) < 4.78 is 3.79. The zero-order chi connectivity index (χ0) is 18.1. The second-order valence-corrected chi connectivity index (χ2v) is 7.21. The summed E-state index contributed by atoms with van der Waals surface area (Å²) in [6, 6.07) is 16.7. The van der Waals surface area contributed by atoms with Crippen molar-refractivity contribution in [1.29, 1.82) is 0 Å². The fourth-order valence-corrected chi connectivity index (χ4v) is 3.09. The number of hydrogen-bond donors (Lipinski definition) is 1.